The fourth-order valence-corrected chi connectivity index (χ4v) is 6.81. The molecule has 176 valence electrons. The van der Waals surface area contributed by atoms with Gasteiger partial charge in [-0.05, 0) is 40.5 Å². The SMILES string of the molecule is CC12c3ccccc3C(C=O)(c3ccccc31)C1C(=O)N(c3ccc(Cl)c(C(F)(F)F)c3)C(=O)C12. The van der Waals surface area contributed by atoms with Gasteiger partial charge in [-0.15, -0.1) is 0 Å². The average Bonchev–Trinajstić information content (AvgIpc) is 3.11. The molecule has 2 amide bonds. The number of carbonyl (C=O) groups excluding carboxylic acids is 3. The minimum atomic E-state index is -4.77. The zero-order valence-corrected chi connectivity index (χ0v) is 19.0. The van der Waals surface area contributed by atoms with Crippen molar-refractivity contribution >= 4 is 35.4 Å². The standard InChI is InChI=1S/C27H17ClF3NO3/c1-25-15-6-2-4-8-17(15)26(13-33,18-9-5-3-7-16(18)25)22-21(25)23(34)32(24(22)35)14-10-11-20(28)19(12-14)27(29,30)31/h2-13,21-22H,1H3. The van der Waals surface area contributed by atoms with Crippen LogP contribution in [0, 0.1) is 11.8 Å². The number of nitrogens with zero attached hydrogens (tertiary/aromatic N) is 1. The van der Waals surface area contributed by atoms with Gasteiger partial charge in [0.1, 0.15) is 6.29 Å². The van der Waals surface area contributed by atoms with E-state index in [1.807, 2.05) is 31.2 Å². The molecular formula is C27H17ClF3NO3. The van der Waals surface area contributed by atoms with Gasteiger partial charge in [-0.25, -0.2) is 4.90 Å². The van der Waals surface area contributed by atoms with Gasteiger partial charge < -0.3 is 4.79 Å². The van der Waals surface area contributed by atoms with Gasteiger partial charge in [0.25, 0.3) is 0 Å². The number of alkyl halides is 3. The zero-order chi connectivity index (χ0) is 24.9. The largest absolute Gasteiger partial charge is 0.417 e. The molecule has 35 heavy (non-hydrogen) atoms. The summed E-state index contributed by atoms with van der Waals surface area (Å²) in [4.78, 5) is 41.7. The minimum Gasteiger partial charge on any atom is -0.302 e. The fraction of sp³-hybridized carbons (Fsp3) is 0.222. The van der Waals surface area contributed by atoms with Crippen LogP contribution in [0.1, 0.15) is 34.7 Å². The Bertz CT molecular complexity index is 1420. The number of imide groups is 1. The van der Waals surface area contributed by atoms with E-state index in [0.29, 0.717) is 17.2 Å². The molecule has 1 saturated heterocycles. The predicted molar refractivity (Wildman–Crippen MR) is 122 cm³/mol. The van der Waals surface area contributed by atoms with Gasteiger partial charge in [0.2, 0.25) is 11.8 Å². The van der Waals surface area contributed by atoms with Crippen LogP contribution in [-0.2, 0) is 31.4 Å². The lowest BCUT2D eigenvalue weighted by atomic mass is 9.42. The van der Waals surface area contributed by atoms with Gasteiger partial charge in [0.05, 0.1) is 33.5 Å². The summed E-state index contributed by atoms with van der Waals surface area (Å²) in [5.41, 5.74) is -0.926. The molecule has 0 N–H and O–H groups in total. The Hall–Kier alpha value is -3.45. The summed E-state index contributed by atoms with van der Waals surface area (Å²) >= 11 is 5.77. The van der Waals surface area contributed by atoms with E-state index in [1.165, 1.54) is 6.07 Å². The van der Waals surface area contributed by atoms with Crippen molar-refractivity contribution in [2.45, 2.75) is 23.9 Å². The van der Waals surface area contributed by atoms with E-state index in [4.69, 9.17) is 11.6 Å². The van der Waals surface area contributed by atoms with Crippen molar-refractivity contribution in [2.75, 3.05) is 4.90 Å². The first-order valence-electron chi connectivity index (χ1n) is 11.0. The smallest absolute Gasteiger partial charge is 0.302 e. The summed E-state index contributed by atoms with van der Waals surface area (Å²) in [6, 6.07) is 17.4. The average molecular weight is 496 g/mol. The Labute approximate surface area is 203 Å². The molecule has 0 radical (unpaired) electrons. The third kappa shape index (κ3) is 2.46. The summed E-state index contributed by atoms with van der Waals surface area (Å²) in [7, 11) is 0. The molecule has 7 rings (SSSR count). The van der Waals surface area contributed by atoms with Crippen molar-refractivity contribution in [3.8, 4) is 0 Å². The summed E-state index contributed by atoms with van der Waals surface area (Å²) in [5.74, 6) is -3.38. The van der Waals surface area contributed by atoms with Crippen LogP contribution in [0.2, 0.25) is 5.02 Å². The molecular weight excluding hydrogens is 479 g/mol. The quantitative estimate of drug-likeness (QED) is 0.359. The number of anilines is 1. The van der Waals surface area contributed by atoms with Crippen molar-refractivity contribution < 1.29 is 27.6 Å². The number of benzene rings is 3. The van der Waals surface area contributed by atoms with Crippen LogP contribution in [0.3, 0.4) is 0 Å². The Morgan fingerprint density at radius 3 is 1.89 bits per heavy atom. The summed E-state index contributed by atoms with van der Waals surface area (Å²) < 4.78 is 40.7. The first-order chi connectivity index (χ1) is 16.6. The first-order valence-corrected chi connectivity index (χ1v) is 11.4. The highest BCUT2D eigenvalue weighted by Crippen LogP contribution is 2.66. The highest BCUT2D eigenvalue weighted by Gasteiger charge is 2.72. The van der Waals surface area contributed by atoms with Crippen LogP contribution in [0.5, 0.6) is 0 Å². The van der Waals surface area contributed by atoms with Crippen LogP contribution >= 0.6 is 11.6 Å². The number of rotatable bonds is 2. The van der Waals surface area contributed by atoms with Crippen LogP contribution in [0.15, 0.2) is 66.7 Å². The fourth-order valence-electron chi connectivity index (χ4n) is 6.59. The second-order valence-electron chi connectivity index (χ2n) is 9.41. The van der Waals surface area contributed by atoms with Gasteiger partial charge in [-0.1, -0.05) is 67.1 Å². The molecule has 1 fully saturated rings. The van der Waals surface area contributed by atoms with Crippen LogP contribution in [0.25, 0.3) is 0 Å². The van der Waals surface area contributed by atoms with E-state index in [2.05, 4.69) is 0 Å². The lowest BCUT2D eigenvalue weighted by Crippen LogP contribution is -2.61. The van der Waals surface area contributed by atoms with Gasteiger partial charge in [0, 0.05) is 5.41 Å². The highest BCUT2D eigenvalue weighted by atomic mass is 35.5. The van der Waals surface area contributed by atoms with Crippen LogP contribution < -0.4 is 4.90 Å². The van der Waals surface area contributed by atoms with E-state index in [0.717, 1.165) is 28.4 Å². The normalized spacial score (nSPS) is 28.5. The third-order valence-electron chi connectivity index (χ3n) is 7.98. The van der Waals surface area contributed by atoms with Crippen molar-refractivity contribution in [1.29, 1.82) is 0 Å². The van der Waals surface area contributed by atoms with Crippen molar-refractivity contribution in [2.24, 2.45) is 11.8 Å². The molecule has 8 heteroatoms. The van der Waals surface area contributed by atoms with E-state index in [9.17, 15) is 27.6 Å². The van der Waals surface area contributed by atoms with Crippen molar-refractivity contribution in [3.63, 3.8) is 0 Å². The molecule has 1 aliphatic heterocycles. The number of hydrogen-bond acceptors (Lipinski definition) is 3. The molecule has 0 aromatic heterocycles. The Kier molecular flexibility index (Phi) is 4.29. The maximum Gasteiger partial charge on any atom is 0.417 e. The van der Waals surface area contributed by atoms with Gasteiger partial charge in [-0.2, -0.15) is 13.2 Å². The highest BCUT2D eigenvalue weighted by molar-refractivity contribution is 6.32. The molecule has 2 bridgehead atoms. The molecule has 3 aliphatic carbocycles. The van der Waals surface area contributed by atoms with Gasteiger partial charge >= 0.3 is 6.18 Å². The van der Waals surface area contributed by atoms with E-state index < -0.39 is 51.2 Å². The number of hydrogen-bond donors (Lipinski definition) is 0. The molecule has 4 nitrogen and oxygen atoms in total. The van der Waals surface area contributed by atoms with Gasteiger partial charge in [-0.3, -0.25) is 9.59 Å². The Balaban J connectivity index is 1.63. The lowest BCUT2D eigenvalue weighted by molar-refractivity contribution is -0.137. The second kappa shape index (κ2) is 6.82. The van der Waals surface area contributed by atoms with E-state index >= 15 is 0 Å². The molecule has 0 saturated carbocycles. The molecule has 4 aliphatic rings. The predicted octanol–water partition coefficient (Wildman–Crippen LogP) is 5.28. The summed E-state index contributed by atoms with van der Waals surface area (Å²) in [6.45, 7) is 1.87. The topological polar surface area (TPSA) is 54.5 Å². The van der Waals surface area contributed by atoms with E-state index in [1.54, 1.807) is 24.3 Å². The van der Waals surface area contributed by atoms with Crippen LogP contribution in [0.4, 0.5) is 18.9 Å². The molecule has 3 aromatic carbocycles. The van der Waals surface area contributed by atoms with Crippen molar-refractivity contribution in [1.82, 2.24) is 0 Å². The molecule has 0 spiro atoms. The monoisotopic (exact) mass is 495 g/mol. The van der Waals surface area contributed by atoms with E-state index in [-0.39, 0.29) is 5.69 Å². The molecule has 3 aromatic rings. The maximum absolute atomic E-state index is 13.9. The maximum atomic E-state index is 13.9. The Morgan fingerprint density at radius 1 is 0.857 bits per heavy atom. The minimum absolute atomic E-state index is 0.219. The molecule has 1 heterocycles. The number of carbonyl (C=O) groups is 3. The third-order valence-corrected chi connectivity index (χ3v) is 8.31. The number of amides is 2. The molecule has 2 atom stereocenters. The van der Waals surface area contributed by atoms with Gasteiger partial charge in [0.15, 0.2) is 0 Å². The summed E-state index contributed by atoms with van der Waals surface area (Å²) in [5, 5.41) is -0.533. The Morgan fingerprint density at radius 2 is 1.37 bits per heavy atom. The molecule has 2 unspecified atom stereocenters. The summed E-state index contributed by atoms with van der Waals surface area (Å²) in [6.07, 6.45) is -4.05. The van der Waals surface area contributed by atoms with Crippen molar-refractivity contribution in [3.05, 3.63) is 99.6 Å². The first kappa shape index (κ1) is 22.0. The van der Waals surface area contributed by atoms with Crippen LogP contribution in [-0.4, -0.2) is 18.1 Å². The zero-order valence-electron chi connectivity index (χ0n) is 18.3. The lowest BCUT2D eigenvalue weighted by Gasteiger charge is -2.56. The number of aldehydes is 1. The number of halogens is 4. The second-order valence-corrected chi connectivity index (χ2v) is 9.82.